The molecular formula is C11H22N2O3. The molecule has 0 spiro atoms. The van der Waals surface area contributed by atoms with Gasteiger partial charge in [-0.25, -0.2) is 0 Å². The van der Waals surface area contributed by atoms with Crippen LogP contribution in [0, 0.1) is 5.92 Å². The first-order valence-electron chi connectivity index (χ1n) is 5.78. The number of nitrogens with zero attached hydrogens (tertiary/aromatic N) is 1. The monoisotopic (exact) mass is 230 g/mol. The quantitative estimate of drug-likeness (QED) is 0.665. The van der Waals surface area contributed by atoms with Gasteiger partial charge >= 0.3 is 0 Å². The van der Waals surface area contributed by atoms with Gasteiger partial charge in [-0.05, 0) is 19.4 Å². The minimum Gasteiger partial charge on any atom is -0.389 e. The van der Waals surface area contributed by atoms with Gasteiger partial charge in [-0.1, -0.05) is 0 Å². The molecule has 5 nitrogen and oxygen atoms in total. The molecule has 0 bridgehead atoms. The van der Waals surface area contributed by atoms with Crippen LogP contribution >= 0.6 is 0 Å². The van der Waals surface area contributed by atoms with E-state index in [-0.39, 0.29) is 18.4 Å². The van der Waals surface area contributed by atoms with Gasteiger partial charge in [-0.2, -0.15) is 0 Å². The SMILES string of the molecule is COCC(O)CN(C)C(=O)C1CCCNC1. The van der Waals surface area contributed by atoms with Crippen molar-refractivity contribution in [2.45, 2.75) is 18.9 Å². The van der Waals surface area contributed by atoms with E-state index in [1.54, 1.807) is 11.9 Å². The zero-order valence-corrected chi connectivity index (χ0v) is 10.1. The number of rotatable bonds is 5. The molecule has 0 saturated carbocycles. The summed E-state index contributed by atoms with van der Waals surface area (Å²) in [6.07, 6.45) is 1.39. The Hall–Kier alpha value is -0.650. The first-order valence-corrected chi connectivity index (χ1v) is 5.78. The standard InChI is InChI=1S/C11H22N2O3/c1-13(7-10(14)8-16-2)11(15)9-4-3-5-12-6-9/h9-10,12,14H,3-8H2,1-2H3. The van der Waals surface area contributed by atoms with Crippen molar-refractivity contribution in [1.82, 2.24) is 10.2 Å². The molecule has 0 aromatic heterocycles. The molecule has 1 rings (SSSR count). The molecule has 5 heteroatoms. The highest BCUT2D eigenvalue weighted by Crippen LogP contribution is 2.12. The summed E-state index contributed by atoms with van der Waals surface area (Å²) >= 11 is 0. The second-order valence-corrected chi connectivity index (χ2v) is 4.37. The predicted octanol–water partition coefficient (Wildman–Crippen LogP) is -0.548. The number of ether oxygens (including phenoxy) is 1. The van der Waals surface area contributed by atoms with Crippen molar-refractivity contribution in [3.63, 3.8) is 0 Å². The van der Waals surface area contributed by atoms with E-state index in [0.717, 1.165) is 25.9 Å². The van der Waals surface area contributed by atoms with Crippen LogP contribution in [0.25, 0.3) is 0 Å². The number of aliphatic hydroxyl groups is 1. The summed E-state index contributed by atoms with van der Waals surface area (Å²) in [5.74, 6) is 0.177. The number of hydrogen-bond donors (Lipinski definition) is 2. The Bertz CT molecular complexity index is 217. The Morgan fingerprint density at radius 3 is 3.00 bits per heavy atom. The lowest BCUT2D eigenvalue weighted by molar-refractivity contribution is -0.136. The van der Waals surface area contributed by atoms with Crippen molar-refractivity contribution in [3.8, 4) is 0 Å². The number of aliphatic hydroxyl groups excluding tert-OH is 1. The van der Waals surface area contributed by atoms with E-state index in [1.807, 2.05) is 0 Å². The largest absolute Gasteiger partial charge is 0.389 e. The van der Waals surface area contributed by atoms with Crippen LogP contribution in [0.2, 0.25) is 0 Å². The summed E-state index contributed by atoms with van der Waals surface area (Å²) in [6, 6.07) is 0. The van der Waals surface area contributed by atoms with Gasteiger partial charge in [-0.15, -0.1) is 0 Å². The second-order valence-electron chi connectivity index (χ2n) is 4.37. The maximum atomic E-state index is 12.0. The van der Waals surface area contributed by atoms with Crippen LogP contribution in [-0.4, -0.2) is 62.4 Å². The lowest BCUT2D eigenvalue weighted by Gasteiger charge is -2.28. The molecule has 1 saturated heterocycles. The summed E-state index contributed by atoms with van der Waals surface area (Å²) in [6.45, 7) is 2.35. The predicted molar refractivity (Wildman–Crippen MR) is 61.1 cm³/mol. The van der Waals surface area contributed by atoms with Crippen molar-refractivity contribution in [2.24, 2.45) is 5.92 Å². The number of hydrogen-bond acceptors (Lipinski definition) is 4. The van der Waals surface area contributed by atoms with Gasteiger partial charge in [0.1, 0.15) is 0 Å². The first-order chi connectivity index (χ1) is 7.65. The van der Waals surface area contributed by atoms with Gasteiger partial charge in [0.2, 0.25) is 5.91 Å². The molecule has 0 aromatic carbocycles. The van der Waals surface area contributed by atoms with Crippen LogP contribution in [0.1, 0.15) is 12.8 Å². The molecule has 2 unspecified atom stereocenters. The molecule has 16 heavy (non-hydrogen) atoms. The Morgan fingerprint density at radius 2 is 2.44 bits per heavy atom. The van der Waals surface area contributed by atoms with Crippen molar-refractivity contribution >= 4 is 5.91 Å². The van der Waals surface area contributed by atoms with Crippen LogP contribution < -0.4 is 5.32 Å². The first kappa shape index (κ1) is 13.4. The highest BCUT2D eigenvalue weighted by atomic mass is 16.5. The summed E-state index contributed by atoms with van der Waals surface area (Å²) in [5, 5.41) is 12.7. The summed E-state index contributed by atoms with van der Waals surface area (Å²) in [7, 11) is 3.27. The van der Waals surface area contributed by atoms with Crippen LogP contribution in [-0.2, 0) is 9.53 Å². The van der Waals surface area contributed by atoms with Crippen molar-refractivity contribution < 1.29 is 14.6 Å². The molecule has 1 aliphatic rings. The van der Waals surface area contributed by atoms with Gasteiger partial charge in [0.15, 0.2) is 0 Å². The normalized spacial score (nSPS) is 22.8. The minimum atomic E-state index is -0.601. The number of likely N-dealkylation sites (N-methyl/N-ethyl adjacent to an activating group) is 1. The van der Waals surface area contributed by atoms with Gasteiger partial charge < -0.3 is 20.1 Å². The highest BCUT2D eigenvalue weighted by Gasteiger charge is 2.24. The molecule has 1 heterocycles. The van der Waals surface area contributed by atoms with E-state index in [9.17, 15) is 9.90 Å². The van der Waals surface area contributed by atoms with Gasteiger partial charge in [0.05, 0.1) is 18.6 Å². The molecule has 94 valence electrons. The molecule has 0 aromatic rings. The zero-order valence-electron chi connectivity index (χ0n) is 10.1. The Balaban J connectivity index is 2.34. The average molecular weight is 230 g/mol. The third-order valence-electron chi connectivity index (χ3n) is 2.87. The topological polar surface area (TPSA) is 61.8 Å². The number of amides is 1. The van der Waals surface area contributed by atoms with E-state index in [2.05, 4.69) is 5.32 Å². The van der Waals surface area contributed by atoms with Crippen LogP contribution in [0.4, 0.5) is 0 Å². The van der Waals surface area contributed by atoms with Crippen molar-refractivity contribution in [2.75, 3.05) is 40.4 Å². The highest BCUT2D eigenvalue weighted by molar-refractivity contribution is 5.78. The average Bonchev–Trinajstić information content (AvgIpc) is 2.29. The van der Waals surface area contributed by atoms with Crippen LogP contribution in [0.3, 0.4) is 0 Å². The third-order valence-corrected chi connectivity index (χ3v) is 2.87. The van der Waals surface area contributed by atoms with Gasteiger partial charge in [0, 0.05) is 27.2 Å². The Morgan fingerprint density at radius 1 is 1.69 bits per heavy atom. The number of methoxy groups -OCH3 is 1. The Kier molecular flexibility index (Phi) is 5.73. The van der Waals surface area contributed by atoms with Crippen molar-refractivity contribution in [1.29, 1.82) is 0 Å². The number of carbonyl (C=O) groups excluding carboxylic acids is 1. The molecular weight excluding hydrogens is 208 g/mol. The Labute approximate surface area is 96.8 Å². The second kappa shape index (κ2) is 6.83. The molecule has 2 N–H and O–H groups in total. The van der Waals surface area contributed by atoms with E-state index < -0.39 is 6.10 Å². The number of carbonyl (C=O) groups is 1. The lowest BCUT2D eigenvalue weighted by Crippen LogP contribution is -2.44. The maximum absolute atomic E-state index is 12.0. The maximum Gasteiger partial charge on any atom is 0.226 e. The fourth-order valence-electron chi connectivity index (χ4n) is 2.03. The zero-order chi connectivity index (χ0) is 12.0. The third kappa shape index (κ3) is 4.08. The number of nitrogens with one attached hydrogen (secondary N) is 1. The van der Waals surface area contributed by atoms with Gasteiger partial charge in [-0.3, -0.25) is 4.79 Å². The smallest absolute Gasteiger partial charge is 0.226 e. The van der Waals surface area contributed by atoms with Crippen molar-refractivity contribution in [3.05, 3.63) is 0 Å². The fourth-order valence-corrected chi connectivity index (χ4v) is 2.03. The molecule has 0 radical (unpaired) electrons. The van der Waals surface area contributed by atoms with E-state index in [1.165, 1.54) is 7.11 Å². The molecule has 1 aliphatic heterocycles. The van der Waals surface area contributed by atoms with Crippen LogP contribution in [0.5, 0.6) is 0 Å². The molecule has 1 fully saturated rings. The molecule has 0 aliphatic carbocycles. The molecule has 2 atom stereocenters. The van der Waals surface area contributed by atoms with E-state index >= 15 is 0 Å². The van der Waals surface area contributed by atoms with E-state index in [4.69, 9.17) is 4.74 Å². The summed E-state index contributed by atoms with van der Waals surface area (Å²) in [5.41, 5.74) is 0. The summed E-state index contributed by atoms with van der Waals surface area (Å²) < 4.78 is 4.83. The lowest BCUT2D eigenvalue weighted by atomic mass is 9.98. The minimum absolute atomic E-state index is 0.0634. The fraction of sp³-hybridized carbons (Fsp3) is 0.909. The molecule has 1 amide bonds. The van der Waals surface area contributed by atoms with Gasteiger partial charge in [0.25, 0.3) is 0 Å². The van der Waals surface area contributed by atoms with E-state index in [0.29, 0.717) is 6.54 Å². The number of piperidine rings is 1. The van der Waals surface area contributed by atoms with Crippen LogP contribution in [0.15, 0.2) is 0 Å². The summed E-state index contributed by atoms with van der Waals surface area (Å²) in [4.78, 5) is 13.6.